The van der Waals surface area contributed by atoms with Crippen LogP contribution in [-0.4, -0.2) is 31.2 Å². The number of carbonyl (C=O) groups is 1. The number of thiophene rings is 1. The lowest BCUT2D eigenvalue weighted by molar-refractivity contribution is -0.120. The number of amides is 1. The van der Waals surface area contributed by atoms with Crippen molar-refractivity contribution >= 4 is 44.7 Å². The van der Waals surface area contributed by atoms with E-state index in [0.717, 1.165) is 15.2 Å². The predicted molar refractivity (Wildman–Crippen MR) is 104 cm³/mol. The topological polar surface area (TPSA) is 78.5 Å². The van der Waals surface area contributed by atoms with Crippen LogP contribution in [-0.2, 0) is 15.0 Å². The third-order valence-corrected chi connectivity index (χ3v) is 6.97. The van der Waals surface area contributed by atoms with Crippen molar-refractivity contribution in [2.45, 2.75) is 18.5 Å². The van der Waals surface area contributed by atoms with Gasteiger partial charge in [-0.3, -0.25) is 4.79 Å². The average Bonchev–Trinajstić information content (AvgIpc) is 3.14. The number of carbonyl (C=O) groups excluding carboxylic acids is 1. The lowest BCUT2D eigenvalue weighted by Crippen LogP contribution is -2.57. The number of hydrogen-bond donors (Lipinski definition) is 2. The second-order valence-corrected chi connectivity index (χ2v) is 8.96. The zero-order chi connectivity index (χ0) is 19.6. The molecule has 2 atom stereocenters. The Balaban J connectivity index is 1.88. The lowest BCUT2D eigenvalue weighted by Gasteiger charge is -2.37. The number of hydrogen-bond acceptors (Lipinski definition) is 4. The Morgan fingerprint density at radius 3 is 2.89 bits per heavy atom. The molecular formula is C17H17ClFN3O3S2. The molecule has 1 aliphatic rings. The monoisotopic (exact) mass is 429 g/mol. The molecule has 0 bridgehead atoms. The van der Waals surface area contributed by atoms with Crippen molar-refractivity contribution in [1.29, 1.82) is 0 Å². The van der Waals surface area contributed by atoms with E-state index in [4.69, 9.17) is 11.6 Å². The highest BCUT2D eigenvalue weighted by Gasteiger charge is 2.42. The first kappa shape index (κ1) is 20.0. The number of nitrogens with one attached hydrogen (secondary N) is 2. The van der Waals surface area contributed by atoms with E-state index >= 15 is 0 Å². The van der Waals surface area contributed by atoms with Gasteiger partial charge in [-0.25, -0.2) is 4.39 Å². The van der Waals surface area contributed by atoms with E-state index < -0.39 is 34.0 Å². The van der Waals surface area contributed by atoms with Crippen LogP contribution in [0.5, 0.6) is 0 Å². The van der Waals surface area contributed by atoms with Crippen molar-refractivity contribution in [3.8, 4) is 0 Å². The van der Waals surface area contributed by atoms with Crippen molar-refractivity contribution in [3.05, 3.63) is 64.1 Å². The molecule has 6 nitrogen and oxygen atoms in total. The third-order valence-electron chi connectivity index (χ3n) is 4.09. The SMILES string of the molecule is C=CCN1C(C(=O)Nc2ccc(F)c(Cl)c2)CC(c2cccs2)NS1(=O)=O. The molecule has 2 aromatic rings. The maximum absolute atomic E-state index is 13.3. The van der Waals surface area contributed by atoms with E-state index in [-0.39, 0.29) is 23.7 Å². The van der Waals surface area contributed by atoms with Gasteiger partial charge in [0.05, 0.1) is 11.1 Å². The summed E-state index contributed by atoms with van der Waals surface area (Å²) in [4.78, 5) is 13.7. The Labute approximate surface area is 165 Å². The van der Waals surface area contributed by atoms with Crippen LogP contribution < -0.4 is 10.0 Å². The van der Waals surface area contributed by atoms with Crippen LogP contribution in [0.1, 0.15) is 17.3 Å². The fraction of sp³-hybridized carbons (Fsp3) is 0.235. The molecule has 1 saturated heterocycles. The van der Waals surface area contributed by atoms with Gasteiger partial charge in [-0.05, 0) is 36.1 Å². The average molecular weight is 430 g/mol. The summed E-state index contributed by atoms with van der Waals surface area (Å²) in [5, 5.41) is 4.33. The molecule has 1 aromatic heterocycles. The van der Waals surface area contributed by atoms with Crippen LogP contribution in [0.25, 0.3) is 0 Å². The highest BCUT2D eigenvalue weighted by atomic mass is 35.5. The van der Waals surface area contributed by atoms with Crippen LogP contribution >= 0.6 is 22.9 Å². The molecule has 0 spiro atoms. The molecule has 0 aliphatic carbocycles. The van der Waals surface area contributed by atoms with Crippen LogP contribution in [0.4, 0.5) is 10.1 Å². The summed E-state index contributed by atoms with van der Waals surface area (Å²) in [6, 6.07) is 5.94. The number of rotatable bonds is 5. The molecule has 10 heteroatoms. The molecule has 1 amide bonds. The normalized spacial score (nSPS) is 22.3. The highest BCUT2D eigenvalue weighted by Crippen LogP contribution is 2.32. The molecule has 0 radical (unpaired) electrons. The largest absolute Gasteiger partial charge is 0.325 e. The molecule has 1 aromatic carbocycles. The Kier molecular flexibility index (Phi) is 5.97. The van der Waals surface area contributed by atoms with Crippen LogP contribution in [0.15, 0.2) is 48.4 Å². The summed E-state index contributed by atoms with van der Waals surface area (Å²) in [5.41, 5.74) is 0.286. The zero-order valence-electron chi connectivity index (χ0n) is 14.1. The molecule has 1 fully saturated rings. The molecule has 0 saturated carbocycles. The van der Waals surface area contributed by atoms with Crippen LogP contribution in [0.3, 0.4) is 0 Å². The minimum absolute atomic E-state index is 0.0191. The second-order valence-electron chi connectivity index (χ2n) is 5.92. The summed E-state index contributed by atoms with van der Waals surface area (Å²) in [6.45, 7) is 3.55. The van der Waals surface area contributed by atoms with Crippen molar-refractivity contribution < 1.29 is 17.6 Å². The Bertz CT molecular complexity index is 950. The summed E-state index contributed by atoms with van der Waals surface area (Å²) >= 11 is 7.15. The number of halogens is 2. The smallest absolute Gasteiger partial charge is 0.281 e. The first-order chi connectivity index (χ1) is 12.8. The maximum atomic E-state index is 13.3. The van der Waals surface area contributed by atoms with Gasteiger partial charge in [-0.1, -0.05) is 23.7 Å². The summed E-state index contributed by atoms with van der Waals surface area (Å²) < 4.78 is 42.3. The maximum Gasteiger partial charge on any atom is 0.281 e. The molecule has 27 heavy (non-hydrogen) atoms. The predicted octanol–water partition coefficient (Wildman–Crippen LogP) is 3.32. The zero-order valence-corrected chi connectivity index (χ0v) is 16.5. The number of benzene rings is 1. The minimum atomic E-state index is -3.89. The molecular weight excluding hydrogens is 413 g/mol. The van der Waals surface area contributed by atoms with Gasteiger partial charge in [-0.15, -0.1) is 17.9 Å². The summed E-state index contributed by atoms with van der Waals surface area (Å²) in [5.74, 6) is -1.13. The fourth-order valence-electron chi connectivity index (χ4n) is 2.86. The number of anilines is 1. The standard InChI is InChI=1S/C17H17ClFN3O3S2/c1-2-7-22-15(17(23)20-11-5-6-13(19)12(18)9-11)10-14(21-27(22,24)25)16-4-3-8-26-16/h2-6,8-9,14-15,21H,1,7,10H2,(H,20,23). The van der Waals surface area contributed by atoms with Crippen molar-refractivity contribution in [1.82, 2.24) is 9.03 Å². The first-order valence-electron chi connectivity index (χ1n) is 8.01. The van der Waals surface area contributed by atoms with E-state index in [2.05, 4.69) is 16.6 Å². The summed E-state index contributed by atoms with van der Waals surface area (Å²) in [6.07, 6.45) is 1.66. The third kappa shape index (κ3) is 4.39. The van der Waals surface area contributed by atoms with E-state index in [9.17, 15) is 17.6 Å². The molecule has 2 heterocycles. The highest BCUT2D eigenvalue weighted by molar-refractivity contribution is 7.87. The minimum Gasteiger partial charge on any atom is -0.325 e. The van der Waals surface area contributed by atoms with E-state index in [1.807, 2.05) is 17.5 Å². The Morgan fingerprint density at radius 2 is 2.26 bits per heavy atom. The van der Waals surface area contributed by atoms with Crippen molar-refractivity contribution in [2.75, 3.05) is 11.9 Å². The molecule has 3 rings (SSSR count). The second kappa shape index (κ2) is 8.07. The van der Waals surface area contributed by atoms with E-state index in [1.165, 1.54) is 29.5 Å². The van der Waals surface area contributed by atoms with Gasteiger partial charge in [0.1, 0.15) is 11.9 Å². The van der Waals surface area contributed by atoms with Gasteiger partial charge in [-0.2, -0.15) is 17.4 Å². The number of nitrogens with zero attached hydrogens (tertiary/aromatic N) is 1. The van der Waals surface area contributed by atoms with Gasteiger partial charge in [0.2, 0.25) is 5.91 Å². The van der Waals surface area contributed by atoms with Crippen molar-refractivity contribution in [3.63, 3.8) is 0 Å². The molecule has 1 aliphatic heterocycles. The van der Waals surface area contributed by atoms with Crippen LogP contribution in [0.2, 0.25) is 5.02 Å². The van der Waals surface area contributed by atoms with E-state index in [0.29, 0.717) is 0 Å². The van der Waals surface area contributed by atoms with Gasteiger partial charge in [0.25, 0.3) is 10.2 Å². The van der Waals surface area contributed by atoms with Gasteiger partial charge >= 0.3 is 0 Å². The quantitative estimate of drug-likeness (QED) is 0.715. The Morgan fingerprint density at radius 1 is 1.48 bits per heavy atom. The Hall–Kier alpha value is -1.78. The lowest BCUT2D eigenvalue weighted by atomic mass is 10.0. The van der Waals surface area contributed by atoms with Gasteiger partial charge in [0, 0.05) is 17.1 Å². The molecule has 2 N–H and O–H groups in total. The molecule has 144 valence electrons. The van der Waals surface area contributed by atoms with Gasteiger partial charge < -0.3 is 5.32 Å². The van der Waals surface area contributed by atoms with Gasteiger partial charge in [0.15, 0.2) is 0 Å². The summed E-state index contributed by atoms with van der Waals surface area (Å²) in [7, 11) is -3.89. The van der Waals surface area contributed by atoms with Crippen LogP contribution in [0, 0.1) is 5.82 Å². The van der Waals surface area contributed by atoms with Crippen molar-refractivity contribution in [2.24, 2.45) is 0 Å². The van der Waals surface area contributed by atoms with E-state index in [1.54, 1.807) is 0 Å². The molecule has 2 unspecified atom stereocenters. The fourth-order valence-corrected chi connectivity index (χ4v) is 5.44. The first-order valence-corrected chi connectivity index (χ1v) is 10.7.